The molecular weight excluding hydrogens is 100 g/mol. The molecule has 0 saturated carbocycles. The zero-order valence-electron chi connectivity index (χ0n) is 5.56. The topological polar surface area (TPSA) is 20.2 Å². The van der Waals surface area contributed by atoms with E-state index in [9.17, 15) is 0 Å². The van der Waals surface area contributed by atoms with E-state index < -0.39 is 0 Å². The van der Waals surface area contributed by atoms with Crippen LogP contribution >= 0.6 is 0 Å². The summed E-state index contributed by atoms with van der Waals surface area (Å²) in [6, 6.07) is 0. The molecule has 0 fully saturated rings. The molecule has 1 N–H and O–H groups in total. The minimum absolute atomic E-state index is 0.0863. The predicted molar refractivity (Wildman–Crippen MR) is 35.5 cm³/mol. The second-order valence-electron chi connectivity index (χ2n) is 2.06. The van der Waals surface area contributed by atoms with E-state index in [0.29, 0.717) is 0 Å². The molecule has 1 nitrogen and oxygen atoms in total. The van der Waals surface area contributed by atoms with Crippen molar-refractivity contribution in [1.82, 2.24) is 0 Å². The van der Waals surface area contributed by atoms with Gasteiger partial charge in [-0.2, -0.15) is 0 Å². The van der Waals surface area contributed by atoms with E-state index in [1.807, 2.05) is 6.92 Å². The Labute approximate surface area is 51.7 Å². The summed E-state index contributed by atoms with van der Waals surface area (Å²) in [7, 11) is 0. The van der Waals surface area contributed by atoms with Crippen LogP contribution in [0, 0.1) is 6.92 Å². The van der Waals surface area contributed by atoms with Crippen molar-refractivity contribution in [1.29, 1.82) is 0 Å². The molecule has 0 aliphatic heterocycles. The zero-order chi connectivity index (χ0) is 6.41. The Morgan fingerprint density at radius 1 is 1.62 bits per heavy atom. The largest absolute Gasteiger partial charge is 0.393 e. The standard InChI is InChI=1S/C7H15O/c1-3-5-6-7(8)4-2/h7-8H,1,3-6H2,2H3. The molecule has 0 aromatic heterocycles. The van der Waals surface area contributed by atoms with Crippen LogP contribution in [0.5, 0.6) is 0 Å². The molecule has 0 aromatic carbocycles. The maximum absolute atomic E-state index is 8.96. The maximum Gasteiger partial charge on any atom is 0.0537 e. The summed E-state index contributed by atoms with van der Waals surface area (Å²) < 4.78 is 0. The molecule has 0 aromatic rings. The van der Waals surface area contributed by atoms with Gasteiger partial charge in [-0.15, -0.1) is 0 Å². The molecule has 0 aliphatic rings. The molecule has 8 heavy (non-hydrogen) atoms. The van der Waals surface area contributed by atoms with Crippen LogP contribution in [0.3, 0.4) is 0 Å². The first-order valence-electron chi connectivity index (χ1n) is 3.28. The number of hydrogen-bond acceptors (Lipinski definition) is 1. The molecule has 0 rings (SSSR count). The molecule has 1 atom stereocenters. The van der Waals surface area contributed by atoms with E-state index >= 15 is 0 Å². The Morgan fingerprint density at radius 3 is 2.62 bits per heavy atom. The Morgan fingerprint density at radius 2 is 2.25 bits per heavy atom. The lowest BCUT2D eigenvalue weighted by atomic mass is 10.1. The quantitative estimate of drug-likeness (QED) is 0.592. The Kier molecular flexibility index (Phi) is 5.08. The molecule has 0 amide bonds. The van der Waals surface area contributed by atoms with E-state index in [4.69, 9.17) is 5.11 Å². The molecule has 0 saturated heterocycles. The first-order valence-corrected chi connectivity index (χ1v) is 3.28. The highest BCUT2D eigenvalue weighted by molar-refractivity contribution is 4.52. The Balaban J connectivity index is 2.86. The van der Waals surface area contributed by atoms with Crippen molar-refractivity contribution in [2.75, 3.05) is 0 Å². The number of unbranched alkanes of at least 4 members (excludes halogenated alkanes) is 1. The van der Waals surface area contributed by atoms with Crippen LogP contribution < -0.4 is 0 Å². The smallest absolute Gasteiger partial charge is 0.0537 e. The second-order valence-corrected chi connectivity index (χ2v) is 2.06. The molecule has 0 aliphatic carbocycles. The van der Waals surface area contributed by atoms with Gasteiger partial charge < -0.3 is 5.11 Å². The molecular formula is C7H15O. The average molecular weight is 115 g/mol. The molecule has 0 spiro atoms. The number of rotatable bonds is 4. The molecule has 49 valence electrons. The summed E-state index contributed by atoms with van der Waals surface area (Å²) in [5.41, 5.74) is 0. The van der Waals surface area contributed by atoms with Crippen LogP contribution in [0.2, 0.25) is 0 Å². The van der Waals surface area contributed by atoms with Crippen molar-refractivity contribution in [2.24, 2.45) is 0 Å². The highest BCUT2D eigenvalue weighted by Gasteiger charge is 1.96. The van der Waals surface area contributed by atoms with Gasteiger partial charge in [-0.25, -0.2) is 0 Å². The van der Waals surface area contributed by atoms with E-state index in [-0.39, 0.29) is 6.10 Å². The van der Waals surface area contributed by atoms with Gasteiger partial charge in [0, 0.05) is 0 Å². The van der Waals surface area contributed by atoms with Crippen molar-refractivity contribution in [3.05, 3.63) is 6.92 Å². The molecule has 1 heteroatoms. The minimum atomic E-state index is -0.0863. The first kappa shape index (κ1) is 7.96. The van der Waals surface area contributed by atoms with E-state index in [1.165, 1.54) is 0 Å². The summed E-state index contributed by atoms with van der Waals surface area (Å²) >= 11 is 0. The summed E-state index contributed by atoms with van der Waals surface area (Å²) in [6.07, 6.45) is 3.70. The second kappa shape index (κ2) is 5.10. The number of aliphatic hydroxyl groups is 1. The van der Waals surface area contributed by atoms with Crippen LogP contribution in [-0.2, 0) is 0 Å². The molecule has 0 bridgehead atoms. The van der Waals surface area contributed by atoms with Crippen LogP contribution in [0.25, 0.3) is 0 Å². The zero-order valence-corrected chi connectivity index (χ0v) is 5.56. The van der Waals surface area contributed by atoms with Gasteiger partial charge in [0.1, 0.15) is 0 Å². The predicted octanol–water partition coefficient (Wildman–Crippen LogP) is 1.76. The van der Waals surface area contributed by atoms with Gasteiger partial charge >= 0.3 is 0 Å². The van der Waals surface area contributed by atoms with Gasteiger partial charge in [0.05, 0.1) is 6.10 Å². The molecule has 1 unspecified atom stereocenters. The summed E-state index contributed by atoms with van der Waals surface area (Å²) in [6.45, 7) is 5.67. The molecule has 1 radical (unpaired) electrons. The van der Waals surface area contributed by atoms with Crippen LogP contribution in [-0.4, -0.2) is 11.2 Å². The van der Waals surface area contributed by atoms with Gasteiger partial charge in [-0.05, 0) is 12.8 Å². The fourth-order valence-electron chi connectivity index (χ4n) is 0.584. The number of hydrogen-bond donors (Lipinski definition) is 1. The minimum Gasteiger partial charge on any atom is -0.393 e. The lowest BCUT2D eigenvalue weighted by Crippen LogP contribution is -2.02. The Bertz CT molecular complexity index is 43.7. The van der Waals surface area contributed by atoms with Crippen LogP contribution in [0.1, 0.15) is 32.6 Å². The van der Waals surface area contributed by atoms with E-state index in [0.717, 1.165) is 25.7 Å². The fraction of sp³-hybridized carbons (Fsp3) is 0.857. The fourth-order valence-corrected chi connectivity index (χ4v) is 0.584. The van der Waals surface area contributed by atoms with Crippen molar-refractivity contribution in [2.45, 2.75) is 38.7 Å². The van der Waals surface area contributed by atoms with E-state index in [2.05, 4.69) is 6.92 Å². The van der Waals surface area contributed by atoms with E-state index in [1.54, 1.807) is 0 Å². The lowest BCUT2D eigenvalue weighted by Gasteiger charge is -2.03. The van der Waals surface area contributed by atoms with Gasteiger partial charge in [0.2, 0.25) is 0 Å². The lowest BCUT2D eigenvalue weighted by molar-refractivity contribution is 0.158. The van der Waals surface area contributed by atoms with Crippen molar-refractivity contribution >= 4 is 0 Å². The van der Waals surface area contributed by atoms with Crippen LogP contribution in [0.4, 0.5) is 0 Å². The molecule has 0 heterocycles. The van der Waals surface area contributed by atoms with Crippen molar-refractivity contribution in [3.63, 3.8) is 0 Å². The van der Waals surface area contributed by atoms with Crippen LogP contribution in [0.15, 0.2) is 0 Å². The summed E-state index contributed by atoms with van der Waals surface area (Å²) in [5.74, 6) is 0. The van der Waals surface area contributed by atoms with Gasteiger partial charge in [0.15, 0.2) is 0 Å². The van der Waals surface area contributed by atoms with Gasteiger partial charge in [-0.3, -0.25) is 0 Å². The number of aliphatic hydroxyl groups excluding tert-OH is 1. The van der Waals surface area contributed by atoms with Crippen molar-refractivity contribution < 1.29 is 5.11 Å². The third kappa shape index (κ3) is 4.13. The highest BCUT2D eigenvalue weighted by Crippen LogP contribution is 2.01. The van der Waals surface area contributed by atoms with Gasteiger partial charge in [-0.1, -0.05) is 26.7 Å². The monoisotopic (exact) mass is 115 g/mol. The SMILES string of the molecule is [CH2]CCCC(O)CC. The third-order valence-corrected chi connectivity index (χ3v) is 1.26. The normalized spacial score (nSPS) is 13.9. The highest BCUT2D eigenvalue weighted by atomic mass is 16.3. The maximum atomic E-state index is 8.96. The average Bonchev–Trinajstić information content (AvgIpc) is 1.83. The van der Waals surface area contributed by atoms with Gasteiger partial charge in [0.25, 0.3) is 0 Å². The Hall–Kier alpha value is -0.0400. The summed E-state index contributed by atoms with van der Waals surface area (Å²) in [4.78, 5) is 0. The first-order chi connectivity index (χ1) is 3.81. The third-order valence-electron chi connectivity index (χ3n) is 1.26. The van der Waals surface area contributed by atoms with Crippen molar-refractivity contribution in [3.8, 4) is 0 Å². The summed E-state index contributed by atoms with van der Waals surface area (Å²) in [5, 5.41) is 8.96.